The highest BCUT2D eigenvalue weighted by Gasteiger charge is 2.49. The first kappa shape index (κ1) is 24.9. The molecule has 0 spiro atoms. The number of thiophene rings is 1. The van der Waals surface area contributed by atoms with Crippen molar-refractivity contribution in [2.75, 3.05) is 13.7 Å². The molecule has 0 saturated heterocycles. The fraction of sp³-hybridized carbons (Fsp3) is 0.500. The first-order valence-electron chi connectivity index (χ1n) is 10.4. The first-order valence-corrected chi connectivity index (χ1v) is 15.6. The first-order chi connectivity index (χ1) is 14.8. The molecule has 2 heterocycles. The molecule has 2 aromatic rings. The van der Waals surface area contributed by atoms with Crippen LogP contribution in [0.2, 0.25) is 18.1 Å². The number of fused-ring (bicyclic) bond motifs is 1. The summed E-state index contributed by atoms with van der Waals surface area (Å²) in [6.07, 6.45) is -0.450. The van der Waals surface area contributed by atoms with Crippen LogP contribution < -0.4 is 4.74 Å². The fourth-order valence-corrected chi connectivity index (χ4v) is 7.24. The number of aliphatic carboxylic acids is 1. The normalized spacial score (nSPS) is 20.4. The second-order valence-electron chi connectivity index (χ2n) is 9.42. The van der Waals surface area contributed by atoms with Crippen LogP contribution in [-0.2, 0) is 25.7 Å². The van der Waals surface area contributed by atoms with Gasteiger partial charge in [-0.3, -0.25) is 4.79 Å². The zero-order valence-corrected chi connectivity index (χ0v) is 21.9. The molecule has 2 atom stereocenters. The van der Waals surface area contributed by atoms with Crippen LogP contribution in [0.25, 0.3) is 0 Å². The summed E-state index contributed by atoms with van der Waals surface area (Å²) in [6.45, 7) is 10.4. The summed E-state index contributed by atoms with van der Waals surface area (Å²) < 4.78 is 40.1. The van der Waals surface area contributed by atoms with Crippen LogP contribution in [0, 0.1) is 0 Å². The Morgan fingerprint density at radius 3 is 2.34 bits per heavy atom. The lowest BCUT2D eigenvalue weighted by Gasteiger charge is -2.41. The van der Waals surface area contributed by atoms with Crippen LogP contribution in [0.15, 0.2) is 40.6 Å². The second kappa shape index (κ2) is 8.90. The Balaban J connectivity index is 2.12. The molecule has 0 radical (unpaired) electrons. The molecule has 10 heteroatoms. The van der Waals surface area contributed by atoms with Crippen molar-refractivity contribution in [2.24, 2.45) is 0 Å². The lowest BCUT2D eigenvalue weighted by Crippen LogP contribution is -2.52. The monoisotopic (exact) mass is 497 g/mol. The highest BCUT2D eigenvalue weighted by molar-refractivity contribution is 7.89. The molecule has 1 N–H and O–H groups in total. The number of benzene rings is 1. The third-order valence-electron chi connectivity index (χ3n) is 6.39. The molecule has 0 fully saturated rings. The fourth-order valence-electron chi connectivity index (χ4n) is 3.51. The molecule has 1 aliphatic rings. The zero-order chi connectivity index (χ0) is 23.9. The molecule has 0 saturated carbocycles. The molecule has 7 nitrogen and oxygen atoms in total. The van der Waals surface area contributed by atoms with Crippen LogP contribution in [-0.4, -0.2) is 51.8 Å². The van der Waals surface area contributed by atoms with Gasteiger partial charge in [0.05, 0.1) is 18.1 Å². The van der Waals surface area contributed by atoms with Gasteiger partial charge < -0.3 is 14.3 Å². The topological polar surface area (TPSA) is 93.1 Å². The highest BCUT2D eigenvalue weighted by Crippen LogP contribution is 2.44. The standard InChI is InChI=1S/C22H31NO6S2Si/c1-22(2,3)32(5,6)29-20-17-12-14-30-18(17)11-13-23(19(20)21(24)25)31(26,27)16-9-7-15(28-4)8-10-16/h7-10,12,14,19-20H,11,13H2,1-6H3,(H,24,25)/t19-,20-/m0/s1. The van der Waals surface area contributed by atoms with E-state index in [1.54, 1.807) is 12.1 Å². The third-order valence-corrected chi connectivity index (χ3v) is 13.7. The van der Waals surface area contributed by atoms with Crippen molar-refractivity contribution in [3.8, 4) is 5.75 Å². The van der Waals surface area contributed by atoms with Crippen molar-refractivity contribution in [3.63, 3.8) is 0 Å². The van der Waals surface area contributed by atoms with Crippen molar-refractivity contribution in [1.29, 1.82) is 0 Å². The SMILES string of the molecule is COc1ccc(S(=O)(=O)N2CCc3sccc3[C@H](O[Si](C)(C)C(C)(C)C)[C@H]2C(=O)O)cc1. The number of sulfonamides is 1. The number of carboxylic acid groups (broad SMARTS) is 1. The van der Waals surface area contributed by atoms with E-state index in [4.69, 9.17) is 9.16 Å². The number of ether oxygens (including phenoxy) is 1. The van der Waals surface area contributed by atoms with Gasteiger partial charge in [-0.25, -0.2) is 8.42 Å². The molecule has 0 unspecified atom stereocenters. The number of rotatable bonds is 6. The van der Waals surface area contributed by atoms with E-state index in [9.17, 15) is 18.3 Å². The van der Waals surface area contributed by atoms with E-state index >= 15 is 0 Å². The maximum absolute atomic E-state index is 13.6. The highest BCUT2D eigenvalue weighted by atomic mass is 32.2. The molecule has 1 aromatic heterocycles. The van der Waals surface area contributed by atoms with E-state index in [0.29, 0.717) is 12.2 Å². The van der Waals surface area contributed by atoms with Gasteiger partial charge in [0, 0.05) is 11.4 Å². The lowest BCUT2D eigenvalue weighted by atomic mass is 10.0. The molecular weight excluding hydrogens is 466 g/mol. The molecule has 0 bridgehead atoms. The van der Waals surface area contributed by atoms with Crippen LogP contribution >= 0.6 is 11.3 Å². The Bertz CT molecular complexity index is 1070. The minimum Gasteiger partial charge on any atom is -0.497 e. The minimum atomic E-state index is -4.09. The van der Waals surface area contributed by atoms with Crippen LogP contribution in [0.4, 0.5) is 0 Å². The summed E-state index contributed by atoms with van der Waals surface area (Å²) in [5, 5.41) is 12.0. The number of hydrogen-bond donors (Lipinski definition) is 1. The number of carboxylic acids is 1. The molecular formula is C22H31NO6S2Si. The number of carbonyl (C=O) groups is 1. The number of hydrogen-bond acceptors (Lipinski definition) is 6. The largest absolute Gasteiger partial charge is 0.497 e. The minimum absolute atomic E-state index is 0.0286. The average Bonchev–Trinajstić information content (AvgIpc) is 3.11. The van der Waals surface area contributed by atoms with E-state index in [1.807, 2.05) is 24.5 Å². The van der Waals surface area contributed by atoms with Gasteiger partial charge in [0.2, 0.25) is 10.0 Å². The smallest absolute Gasteiger partial charge is 0.325 e. The van der Waals surface area contributed by atoms with E-state index in [2.05, 4.69) is 20.8 Å². The lowest BCUT2D eigenvalue weighted by molar-refractivity contribution is -0.145. The number of methoxy groups -OCH3 is 1. The maximum atomic E-state index is 13.6. The summed E-state index contributed by atoms with van der Waals surface area (Å²) in [5.41, 5.74) is 0.777. The van der Waals surface area contributed by atoms with Crippen LogP contribution in [0.1, 0.15) is 37.3 Å². The van der Waals surface area contributed by atoms with Gasteiger partial charge in [-0.05, 0) is 65.8 Å². The predicted molar refractivity (Wildman–Crippen MR) is 127 cm³/mol. The molecule has 0 amide bonds. The van der Waals surface area contributed by atoms with Gasteiger partial charge in [-0.2, -0.15) is 4.31 Å². The maximum Gasteiger partial charge on any atom is 0.325 e. The Morgan fingerprint density at radius 1 is 1.19 bits per heavy atom. The molecule has 1 aromatic carbocycles. The summed E-state index contributed by atoms with van der Waals surface area (Å²) in [4.78, 5) is 13.6. The molecule has 32 heavy (non-hydrogen) atoms. The van der Waals surface area contributed by atoms with Gasteiger partial charge in [0.25, 0.3) is 0 Å². The summed E-state index contributed by atoms with van der Waals surface area (Å²) in [6, 6.07) is 6.50. The van der Waals surface area contributed by atoms with Crippen molar-refractivity contribution < 1.29 is 27.5 Å². The Hall–Kier alpha value is -1.72. The molecule has 1 aliphatic heterocycles. The Kier molecular flexibility index (Phi) is 6.93. The molecule has 176 valence electrons. The van der Waals surface area contributed by atoms with Crippen LogP contribution in [0.3, 0.4) is 0 Å². The molecule has 0 aliphatic carbocycles. The number of nitrogens with zero attached hydrogens (tertiary/aromatic N) is 1. The van der Waals surface area contributed by atoms with Crippen molar-refractivity contribution in [3.05, 3.63) is 46.2 Å². The third kappa shape index (κ3) is 4.65. The van der Waals surface area contributed by atoms with Crippen molar-refractivity contribution in [2.45, 2.75) is 62.4 Å². The predicted octanol–water partition coefficient (Wildman–Crippen LogP) is 4.52. The van der Waals surface area contributed by atoms with Gasteiger partial charge in [-0.1, -0.05) is 20.8 Å². The van der Waals surface area contributed by atoms with Gasteiger partial charge >= 0.3 is 5.97 Å². The second-order valence-corrected chi connectivity index (χ2v) is 17.1. The van der Waals surface area contributed by atoms with Crippen LogP contribution in [0.5, 0.6) is 5.75 Å². The summed E-state index contributed by atoms with van der Waals surface area (Å²) in [7, 11) is -5.01. The van der Waals surface area contributed by atoms with E-state index in [-0.39, 0.29) is 16.5 Å². The van der Waals surface area contributed by atoms with E-state index < -0.39 is 36.5 Å². The van der Waals surface area contributed by atoms with Crippen molar-refractivity contribution >= 4 is 35.6 Å². The van der Waals surface area contributed by atoms with Crippen molar-refractivity contribution in [1.82, 2.24) is 4.31 Å². The van der Waals surface area contributed by atoms with E-state index in [1.165, 1.54) is 30.6 Å². The summed E-state index contributed by atoms with van der Waals surface area (Å²) in [5.74, 6) is -0.694. The Morgan fingerprint density at radius 2 is 1.81 bits per heavy atom. The van der Waals surface area contributed by atoms with Gasteiger partial charge in [-0.15, -0.1) is 11.3 Å². The van der Waals surface area contributed by atoms with Gasteiger partial charge in [0.1, 0.15) is 5.75 Å². The van der Waals surface area contributed by atoms with E-state index in [0.717, 1.165) is 14.7 Å². The molecule has 3 rings (SSSR count). The quantitative estimate of drug-likeness (QED) is 0.590. The Labute approximate surface area is 195 Å². The summed E-state index contributed by atoms with van der Waals surface area (Å²) >= 11 is 1.51. The van der Waals surface area contributed by atoms with Gasteiger partial charge in [0.15, 0.2) is 14.4 Å². The average molecular weight is 498 g/mol. The zero-order valence-electron chi connectivity index (χ0n) is 19.3.